The lowest BCUT2D eigenvalue weighted by molar-refractivity contribution is 0.0222. The minimum Gasteiger partial charge on any atom is -0.497 e. The molecule has 0 saturated heterocycles. The number of amides is 2. The van der Waals surface area contributed by atoms with Crippen LogP contribution in [0.25, 0.3) is 0 Å². The van der Waals surface area contributed by atoms with E-state index in [9.17, 15) is 9.59 Å². The van der Waals surface area contributed by atoms with Crippen molar-refractivity contribution in [3.63, 3.8) is 0 Å². The standard InChI is InChI=1S/C21H28N4O4/c1-21(2,3)29-20(27)25-11-10-17-16(13-25)18(24(4)23-17)19(26)22-12-14-6-8-15(28-5)9-7-14/h6-9H,10-13H2,1-5H3,(H,22,26). The smallest absolute Gasteiger partial charge is 0.410 e. The van der Waals surface area contributed by atoms with E-state index in [-0.39, 0.29) is 12.0 Å². The second-order valence-electron chi connectivity index (χ2n) is 8.08. The molecule has 0 fully saturated rings. The Bertz CT molecular complexity index is 897. The molecule has 2 heterocycles. The molecule has 29 heavy (non-hydrogen) atoms. The van der Waals surface area contributed by atoms with Gasteiger partial charge in [0.15, 0.2) is 0 Å². The number of rotatable bonds is 4. The third-order valence-corrected chi connectivity index (χ3v) is 4.67. The summed E-state index contributed by atoms with van der Waals surface area (Å²) in [6.07, 6.45) is 0.213. The first-order valence-corrected chi connectivity index (χ1v) is 9.61. The van der Waals surface area contributed by atoms with Gasteiger partial charge < -0.3 is 19.7 Å². The van der Waals surface area contributed by atoms with Crippen molar-refractivity contribution in [2.45, 2.75) is 45.9 Å². The maximum Gasteiger partial charge on any atom is 0.410 e. The van der Waals surface area contributed by atoms with Crippen LogP contribution in [0, 0.1) is 0 Å². The Labute approximate surface area is 170 Å². The summed E-state index contributed by atoms with van der Waals surface area (Å²) in [5.41, 5.74) is 2.50. The Morgan fingerprint density at radius 2 is 1.90 bits per heavy atom. The normalized spacial score (nSPS) is 13.6. The zero-order chi connectivity index (χ0) is 21.2. The number of benzene rings is 1. The van der Waals surface area contributed by atoms with Crippen molar-refractivity contribution in [2.24, 2.45) is 7.05 Å². The highest BCUT2D eigenvalue weighted by Crippen LogP contribution is 2.24. The summed E-state index contributed by atoms with van der Waals surface area (Å²) in [7, 11) is 3.36. The van der Waals surface area contributed by atoms with E-state index in [0.29, 0.717) is 31.7 Å². The van der Waals surface area contributed by atoms with Gasteiger partial charge in [-0.15, -0.1) is 0 Å². The number of hydrogen-bond donors (Lipinski definition) is 1. The maximum atomic E-state index is 12.9. The summed E-state index contributed by atoms with van der Waals surface area (Å²) >= 11 is 0. The van der Waals surface area contributed by atoms with Crippen LogP contribution in [-0.4, -0.2) is 45.9 Å². The lowest BCUT2D eigenvalue weighted by Crippen LogP contribution is -2.40. The first-order chi connectivity index (χ1) is 13.7. The van der Waals surface area contributed by atoms with Crippen molar-refractivity contribution in [1.29, 1.82) is 0 Å². The van der Waals surface area contributed by atoms with E-state index in [1.54, 1.807) is 23.7 Å². The Kier molecular flexibility index (Phi) is 5.81. The molecule has 8 nitrogen and oxygen atoms in total. The van der Waals surface area contributed by atoms with Crippen molar-refractivity contribution in [3.05, 3.63) is 46.8 Å². The second kappa shape index (κ2) is 8.14. The molecule has 1 aliphatic heterocycles. The Hall–Kier alpha value is -3.03. The molecule has 0 saturated carbocycles. The number of aryl methyl sites for hydroxylation is 1. The Balaban J connectivity index is 1.71. The molecule has 3 rings (SSSR count). The van der Waals surface area contributed by atoms with Crippen LogP contribution in [0.3, 0.4) is 0 Å². The maximum absolute atomic E-state index is 12.9. The van der Waals surface area contributed by atoms with E-state index >= 15 is 0 Å². The Morgan fingerprint density at radius 3 is 2.52 bits per heavy atom. The van der Waals surface area contributed by atoms with Gasteiger partial charge in [-0.05, 0) is 38.5 Å². The molecule has 0 atom stereocenters. The third-order valence-electron chi connectivity index (χ3n) is 4.67. The van der Waals surface area contributed by atoms with Crippen LogP contribution in [0.5, 0.6) is 5.75 Å². The molecule has 2 amide bonds. The zero-order valence-corrected chi connectivity index (χ0v) is 17.6. The lowest BCUT2D eigenvalue weighted by Gasteiger charge is -2.29. The van der Waals surface area contributed by atoms with Gasteiger partial charge in [0.1, 0.15) is 17.0 Å². The summed E-state index contributed by atoms with van der Waals surface area (Å²) in [5, 5.41) is 7.42. The average Bonchev–Trinajstić information content (AvgIpc) is 3.00. The highest BCUT2D eigenvalue weighted by Gasteiger charge is 2.31. The van der Waals surface area contributed by atoms with E-state index in [0.717, 1.165) is 22.6 Å². The lowest BCUT2D eigenvalue weighted by atomic mass is 10.1. The molecule has 0 radical (unpaired) electrons. The molecule has 1 aromatic heterocycles. The number of carbonyl (C=O) groups excluding carboxylic acids is 2. The monoisotopic (exact) mass is 400 g/mol. The fraction of sp³-hybridized carbons (Fsp3) is 0.476. The number of carbonyl (C=O) groups is 2. The number of fused-ring (bicyclic) bond motifs is 1. The molecule has 1 aromatic carbocycles. The van der Waals surface area contributed by atoms with E-state index in [2.05, 4.69) is 10.4 Å². The highest BCUT2D eigenvalue weighted by molar-refractivity contribution is 5.94. The van der Waals surface area contributed by atoms with Crippen LogP contribution in [0.1, 0.15) is 48.1 Å². The van der Waals surface area contributed by atoms with Crippen LogP contribution < -0.4 is 10.1 Å². The highest BCUT2D eigenvalue weighted by atomic mass is 16.6. The second-order valence-corrected chi connectivity index (χ2v) is 8.08. The molecule has 8 heteroatoms. The molecule has 1 aliphatic rings. The predicted octanol–water partition coefficient (Wildman–Crippen LogP) is 2.65. The zero-order valence-electron chi connectivity index (χ0n) is 17.6. The fourth-order valence-electron chi connectivity index (χ4n) is 3.28. The van der Waals surface area contributed by atoms with E-state index in [1.807, 2.05) is 45.0 Å². The molecule has 2 aromatic rings. The topological polar surface area (TPSA) is 85.7 Å². The first-order valence-electron chi connectivity index (χ1n) is 9.61. The van der Waals surface area contributed by atoms with E-state index < -0.39 is 5.60 Å². The van der Waals surface area contributed by atoms with Crippen LogP contribution in [0.4, 0.5) is 4.79 Å². The third kappa shape index (κ3) is 4.88. The largest absolute Gasteiger partial charge is 0.497 e. The fourth-order valence-corrected chi connectivity index (χ4v) is 3.28. The molecule has 0 unspecified atom stereocenters. The molecule has 1 N–H and O–H groups in total. The molecule has 156 valence electrons. The molecule has 0 spiro atoms. The number of hydrogen-bond acceptors (Lipinski definition) is 5. The summed E-state index contributed by atoms with van der Waals surface area (Å²) < 4.78 is 12.2. The average molecular weight is 400 g/mol. The van der Waals surface area contributed by atoms with Gasteiger partial charge in [0.2, 0.25) is 0 Å². The summed E-state index contributed by atoms with van der Waals surface area (Å²) in [6, 6.07) is 7.52. The van der Waals surface area contributed by atoms with Crippen LogP contribution >= 0.6 is 0 Å². The minimum absolute atomic E-state index is 0.219. The summed E-state index contributed by atoms with van der Waals surface area (Å²) in [4.78, 5) is 26.9. The predicted molar refractivity (Wildman–Crippen MR) is 108 cm³/mol. The SMILES string of the molecule is COc1ccc(CNC(=O)c2c3c(nn2C)CCN(C(=O)OC(C)(C)C)C3)cc1. The van der Waals surface area contributed by atoms with Crippen molar-refractivity contribution >= 4 is 12.0 Å². The van der Waals surface area contributed by atoms with Gasteiger partial charge in [0, 0.05) is 32.1 Å². The Morgan fingerprint density at radius 1 is 1.21 bits per heavy atom. The number of aromatic nitrogens is 2. The number of methoxy groups -OCH3 is 1. The van der Waals surface area contributed by atoms with Crippen LogP contribution in [0.15, 0.2) is 24.3 Å². The van der Waals surface area contributed by atoms with E-state index in [1.165, 1.54) is 0 Å². The molecule has 0 aliphatic carbocycles. The van der Waals surface area contributed by atoms with Crippen molar-refractivity contribution in [3.8, 4) is 5.75 Å². The first kappa shape index (κ1) is 20.7. The molecular formula is C21H28N4O4. The number of nitrogens with zero attached hydrogens (tertiary/aromatic N) is 3. The summed E-state index contributed by atoms with van der Waals surface area (Å²) in [6.45, 7) is 6.72. The van der Waals surface area contributed by atoms with Gasteiger partial charge in [0.25, 0.3) is 5.91 Å². The summed E-state index contributed by atoms with van der Waals surface area (Å²) in [5.74, 6) is 0.547. The van der Waals surface area contributed by atoms with Crippen LogP contribution in [0.2, 0.25) is 0 Å². The van der Waals surface area contributed by atoms with Gasteiger partial charge in [0.05, 0.1) is 19.3 Å². The van der Waals surface area contributed by atoms with Crippen molar-refractivity contribution in [2.75, 3.05) is 13.7 Å². The van der Waals surface area contributed by atoms with Crippen LogP contribution in [-0.2, 0) is 31.3 Å². The van der Waals surface area contributed by atoms with E-state index in [4.69, 9.17) is 9.47 Å². The van der Waals surface area contributed by atoms with Crippen molar-refractivity contribution < 1.29 is 19.1 Å². The van der Waals surface area contributed by atoms with Gasteiger partial charge in [-0.3, -0.25) is 9.48 Å². The van der Waals surface area contributed by atoms with Gasteiger partial charge in [-0.2, -0.15) is 5.10 Å². The minimum atomic E-state index is -0.565. The molecule has 0 bridgehead atoms. The van der Waals surface area contributed by atoms with Gasteiger partial charge in [-0.1, -0.05) is 12.1 Å². The number of nitrogens with one attached hydrogen (secondary N) is 1. The van der Waals surface area contributed by atoms with Gasteiger partial charge >= 0.3 is 6.09 Å². The quantitative estimate of drug-likeness (QED) is 0.853. The number of ether oxygens (including phenoxy) is 2. The van der Waals surface area contributed by atoms with Crippen molar-refractivity contribution in [1.82, 2.24) is 20.0 Å². The van der Waals surface area contributed by atoms with Gasteiger partial charge in [-0.25, -0.2) is 4.79 Å². The molecular weight excluding hydrogens is 372 g/mol.